The largest absolute Gasteiger partial charge is 0.481 e. The highest BCUT2D eigenvalue weighted by atomic mass is 16.5. The minimum atomic E-state index is -0.674. The van der Waals surface area contributed by atoms with Crippen LogP contribution in [0.5, 0.6) is 5.75 Å². The molecule has 1 fully saturated rings. The molecule has 2 aromatic carbocycles. The lowest BCUT2D eigenvalue weighted by Gasteiger charge is -2.36. The third-order valence-electron chi connectivity index (χ3n) is 6.24. The Balaban J connectivity index is 1.38. The highest BCUT2D eigenvalue weighted by Crippen LogP contribution is 2.33. The Hall–Kier alpha value is -3.61. The fourth-order valence-electron chi connectivity index (χ4n) is 4.23. The third-order valence-corrected chi connectivity index (χ3v) is 6.24. The molecule has 0 spiro atoms. The number of hydrogen-bond acceptors (Lipinski definition) is 6. The molecule has 1 aliphatic heterocycles. The first kappa shape index (κ1) is 24.5. The van der Waals surface area contributed by atoms with E-state index < -0.39 is 6.10 Å². The molecule has 0 saturated carbocycles. The van der Waals surface area contributed by atoms with E-state index in [-0.39, 0.29) is 11.3 Å². The van der Waals surface area contributed by atoms with Gasteiger partial charge in [0, 0.05) is 37.9 Å². The number of anilines is 3. The van der Waals surface area contributed by atoms with Crippen molar-refractivity contribution in [3.8, 4) is 5.75 Å². The van der Waals surface area contributed by atoms with E-state index in [9.17, 15) is 4.79 Å². The Morgan fingerprint density at radius 3 is 2.34 bits per heavy atom. The molecule has 0 radical (unpaired) electrons. The summed E-state index contributed by atoms with van der Waals surface area (Å²) in [5, 5.41) is 2.89. The molecule has 1 N–H and O–H groups in total. The third kappa shape index (κ3) is 6.10. The number of nitrogens with zero attached hydrogens (tertiary/aromatic N) is 4. The molecule has 1 amide bonds. The molecule has 1 saturated heterocycles. The fraction of sp³-hybridized carbons (Fsp3) is 0.393. The number of hydrogen-bond donors (Lipinski definition) is 1. The molecule has 35 heavy (non-hydrogen) atoms. The molecule has 1 atom stereocenters. The average molecular weight is 474 g/mol. The van der Waals surface area contributed by atoms with Gasteiger partial charge in [0.2, 0.25) is 0 Å². The van der Waals surface area contributed by atoms with E-state index in [4.69, 9.17) is 4.74 Å². The number of para-hydroxylation sites is 1. The molecule has 3 aromatic rings. The van der Waals surface area contributed by atoms with Crippen LogP contribution >= 0.6 is 0 Å². The molecule has 4 rings (SSSR count). The summed E-state index contributed by atoms with van der Waals surface area (Å²) in [7, 11) is 0. The van der Waals surface area contributed by atoms with Gasteiger partial charge < -0.3 is 19.9 Å². The summed E-state index contributed by atoms with van der Waals surface area (Å²) in [6, 6.07) is 18.3. The first-order valence-electron chi connectivity index (χ1n) is 12.2. The number of carbonyl (C=O) groups excluding carboxylic acids is 1. The van der Waals surface area contributed by atoms with E-state index in [0.717, 1.165) is 48.9 Å². The van der Waals surface area contributed by atoms with Crippen molar-refractivity contribution in [1.82, 2.24) is 9.97 Å². The molecule has 1 unspecified atom stereocenters. The van der Waals surface area contributed by atoms with Crippen LogP contribution in [0.4, 0.5) is 17.3 Å². The van der Waals surface area contributed by atoms with Gasteiger partial charge in [0.05, 0.1) is 0 Å². The van der Waals surface area contributed by atoms with Crippen molar-refractivity contribution in [1.29, 1.82) is 0 Å². The minimum Gasteiger partial charge on any atom is -0.481 e. The highest BCUT2D eigenvalue weighted by molar-refractivity contribution is 5.93. The van der Waals surface area contributed by atoms with Crippen LogP contribution < -0.4 is 19.9 Å². The standard InChI is InChI=1S/C28H35N5O2/c1-20-11-12-24(23(17-20)28(3,4)5)35-21(2)27(34)31-25-18-26(30-19-29-25)33-15-13-32(14-16-33)22-9-7-6-8-10-22/h6-12,17-19,21H,13-16H2,1-5H3,(H,29,30,31,34). The van der Waals surface area contributed by atoms with Crippen molar-refractivity contribution >= 4 is 23.2 Å². The Bertz CT molecular complexity index is 1150. The van der Waals surface area contributed by atoms with Crippen molar-refractivity contribution < 1.29 is 9.53 Å². The summed E-state index contributed by atoms with van der Waals surface area (Å²) < 4.78 is 6.09. The molecule has 7 heteroatoms. The van der Waals surface area contributed by atoms with Gasteiger partial charge in [-0.05, 0) is 43.0 Å². The molecule has 1 aliphatic rings. The van der Waals surface area contributed by atoms with Crippen molar-refractivity contribution in [3.05, 3.63) is 72.1 Å². The van der Waals surface area contributed by atoms with Crippen LogP contribution in [-0.4, -0.2) is 48.2 Å². The second-order valence-corrected chi connectivity index (χ2v) is 10.1. The summed E-state index contributed by atoms with van der Waals surface area (Å²) >= 11 is 0. The molecular formula is C28H35N5O2. The minimum absolute atomic E-state index is 0.0936. The molecular weight excluding hydrogens is 438 g/mol. The van der Waals surface area contributed by atoms with Crippen molar-refractivity contribution in [2.24, 2.45) is 0 Å². The fourth-order valence-corrected chi connectivity index (χ4v) is 4.23. The van der Waals surface area contributed by atoms with Crippen LogP contribution in [0.25, 0.3) is 0 Å². The SMILES string of the molecule is Cc1ccc(OC(C)C(=O)Nc2cc(N3CCN(c4ccccc4)CC3)ncn2)c(C(C)(C)C)c1. The molecule has 2 heterocycles. The van der Waals surface area contributed by atoms with E-state index in [2.05, 4.69) is 83.1 Å². The number of carbonyl (C=O) groups is 1. The van der Waals surface area contributed by atoms with Crippen LogP contribution in [0.2, 0.25) is 0 Å². The zero-order valence-corrected chi connectivity index (χ0v) is 21.3. The Labute approximate surface area is 208 Å². The number of amides is 1. The van der Waals surface area contributed by atoms with E-state index in [1.807, 2.05) is 24.3 Å². The summed E-state index contributed by atoms with van der Waals surface area (Å²) in [6.07, 6.45) is 0.823. The van der Waals surface area contributed by atoms with Crippen LogP contribution in [0.3, 0.4) is 0 Å². The first-order chi connectivity index (χ1) is 16.7. The predicted molar refractivity (Wildman–Crippen MR) is 141 cm³/mol. The average Bonchev–Trinajstić information content (AvgIpc) is 2.85. The number of benzene rings is 2. The quantitative estimate of drug-likeness (QED) is 0.554. The van der Waals surface area contributed by atoms with E-state index in [1.54, 1.807) is 6.92 Å². The van der Waals surface area contributed by atoms with Gasteiger partial charge in [-0.1, -0.05) is 56.7 Å². The van der Waals surface area contributed by atoms with Gasteiger partial charge in [-0.25, -0.2) is 9.97 Å². The summed E-state index contributed by atoms with van der Waals surface area (Å²) in [4.78, 5) is 26.2. The maximum atomic E-state index is 12.9. The smallest absolute Gasteiger partial charge is 0.266 e. The van der Waals surface area contributed by atoms with Crippen molar-refractivity contribution in [3.63, 3.8) is 0 Å². The molecule has 1 aromatic heterocycles. The summed E-state index contributed by atoms with van der Waals surface area (Å²) in [5.41, 5.74) is 3.39. The predicted octanol–water partition coefficient (Wildman–Crippen LogP) is 4.82. The van der Waals surface area contributed by atoms with Gasteiger partial charge in [0.25, 0.3) is 5.91 Å². The van der Waals surface area contributed by atoms with E-state index >= 15 is 0 Å². The summed E-state index contributed by atoms with van der Waals surface area (Å²) in [6.45, 7) is 13.8. The number of aryl methyl sites for hydroxylation is 1. The topological polar surface area (TPSA) is 70.6 Å². The number of piperazine rings is 1. The number of ether oxygens (including phenoxy) is 1. The van der Waals surface area contributed by atoms with Crippen LogP contribution in [-0.2, 0) is 10.2 Å². The maximum absolute atomic E-state index is 12.9. The molecule has 0 aliphatic carbocycles. The lowest BCUT2D eigenvalue weighted by Crippen LogP contribution is -2.46. The zero-order valence-electron chi connectivity index (χ0n) is 21.3. The second kappa shape index (κ2) is 10.3. The monoisotopic (exact) mass is 473 g/mol. The van der Waals surface area contributed by atoms with Gasteiger partial charge in [-0.3, -0.25) is 4.79 Å². The number of rotatable bonds is 6. The number of aromatic nitrogens is 2. The van der Waals surface area contributed by atoms with Gasteiger partial charge in [-0.2, -0.15) is 0 Å². The van der Waals surface area contributed by atoms with Crippen molar-refractivity contribution in [2.45, 2.75) is 46.1 Å². The molecule has 7 nitrogen and oxygen atoms in total. The van der Waals surface area contributed by atoms with Gasteiger partial charge in [-0.15, -0.1) is 0 Å². The maximum Gasteiger partial charge on any atom is 0.266 e. The van der Waals surface area contributed by atoms with Gasteiger partial charge in [0.15, 0.2) is 6.10 Å². The normalized spacial score (nSPS) is 15.0. The first-order valence-corrected chi connectivity index (χ1v) is 12.2. The lowest BCUT2D eigenvalue weighted by atomic mass is 9.85. The molecule has 0 bridgehead atoms. The van der Waals surface area contributed by atoms with Gasteiger partial charge in [0.1, 0.15) is 23.7 Å². The highest BCUT2D eigenvalue weighted by Gasteiger charge is 2.23. The van der Waals surface area contributed by atoms with Crippen LogP contribution in [0.1, 0.15) is 38.8 Å². The molecule has 184 valence electrons. The zero-order chi connectivity index (χ0) is 25.0. The summed E-state index contributed by atoms with van der Waals surface area (Å²) in [5.74, 6) is 1.76. The van der Waals surface area contributed by atoms with Crippen LogP contribution in [0.15, 0.2) is 60.9 Å². The number of nitrogens with one attached hydrogen (secondary N) is 1. The van der Waals surface area contributed by atoms with Crippen molar-refractivity contribution in [2.75, 3.05) is 41.3 Å². The van der Waals surface area contributed by atoms with Gasteiger partial charge >= 0.3 is 0 Å². The lowest BCUT2D eigenvalue weighted by molar-refractivity contribution is -0.122. The Kier molecular flexibility index (Phi) is 7.24. The van der Waals surface area contributed by atoms with E-state index in [0.29, 0.717) is 5.82 Å². The Morgan fingerprint density at radius 1 is 0.971 bits per heavy atom. The van der Waals surface area contributed by atoms with Crippen LogP contribution in [0, 0.1) is 6.92 Å². The van der Waals surface area contributed by atoms with E-state index in [1.165, 1.54) is 12.0 Å². The second-order valence-electron chi connectivity index (χ2n) is 10.1. The Morgan fingerprint density at radius 2 is 1.66 bits per heavy atom.